The van der Waals surface area contributed by atoms with Gasteiger partial charge in [-0.25, -0.2) is 0 Å². The number of unbranched alkanes of at least 4 members (excludes halogenated alkanes) is 7. The van der Waals surface area contributed by atoms with Crippen LogP contribution in [0.4, 0.5) is 5.69 Å². The van der Waals surface area contributed by atoms with Crippen LogP contribution in [0.25, 0.3) is 0 Å². The van der Waals surface area contributed by atoms with Crippen molar-refractivity contribution in [2.45, 2.75) is 64.7 Å². The fraction of sp³-hybridized carbons (Fsp3) is 0.625. The third-order valence-corrected chi connectivity index (χ3v) is 3.71. The Morgan fingerprint density at radius 1 is 1.00 bits per heavy atom. The molecule has 0 bridgehead atoms. The highest BCUT2D eigenvalue weighted by Gasteiger charge is 2.19. The summed E-state index contributed by atoms with van der Waals surface area (Å²) in [6, 6.07) is 2.40. The molecule has 5 heteroatoms. The molecule has 0 aliphatic heterocycles. The Balaban J connectivity index is 2.41. The lowest BCUT2D eigenvalue weighted by atomic mass is 10.0. The Kier molecular flexibility index (Phi) is 7.58. The molecule has 0 radical (unpaired) electrons. The van der Waals surface area contributed by atoms with Gasteiger partial charge in [-0.1, -0.05) is 51.9 Å². The lowest BCUT2D eigenvalue weighted by Crippen LogP contribution is -1.96. The van der Waals surface area contributed by atoms with E-state index in [-0.39, 0.29) is 22.7 Å². The molecule has 5 nitrogen and oxygen atoms in total. The summed E-state index contributed by atoms with van der Waals surface area (Å²) in [5.74, 6) is -0.651. The first-order valence-electron chi connectivity index (χ1n) is 7.76. The number of nitrogens with zero attached hydrogens (tertiary/aromatic N) is 1. The zero-order valence-corrected chi connectivity index (χ0v) is 12.7. The maximum atomic E-state index is 10.9. The first kappa shape index (κ1) is 17.3. The second-order valence-corrected chi connectivity index (χ2v) is 5.41. The molecule has 0 saturated heterocycles. The molecule has 1 aromatic rings. The number of rotatable bonds is 10. The predicted octanol–water partition coefficient (Wildman–Crippen LogP) is 4.69. The van der Waals surface area contributed by atoms with Crippen LogP contribution in [0.15, 0.2) is 12.1 Å². The minimum Gasteiger partial charge on any atom is -0.504 e. The second-order valence-electron chi connectivity index (χ2n) is 5.41. The minimum absolute atomic E-state index is 0.117. The standard InChI is InChI=1S/C16H25NO4/c1-2-3-4-5-6-7-8-9-10-13-14(17(20)21)11-12-15(18)16(13)19/h11-12,18-19H,2-10H2,1H3. The Hall–Kier alpha value is -1.78. The first-order valence-corrected chi connectivity index (χ1v) is 7.76. The van der Waals surface area contributed by atoms with Gasteiger partial charge in [0.2, 0.25) is 0 Å². The monoisotopic (exact) mass is 295 g/mol. The van der Waals surface area contributed by atoms with Crippen molar-refractivity contribution in [3.8, 4) is 11.5 Å². The minimum atomic E-state index is -0.515. The maximum Gasteiger partial charge on any atom is 0.276 e. The van der Waals surface area contributed by atoms with Crippen molar-refractivity contribution >= 4 is 5.69 Å². The Morgan fingerprint density at radius 2 is 1.57 bits per heavy atom. The highest BCUT2D eigenvalue weighted by molar-refractivity contribution is 5.55. The van der Waals surface area contributed by atoms with Crippen LogP contribution in [0, 0.1) is 10.1 Å². The third-order valence-electron chi connectivity index (χ3n) is 3.71. The normalized spacial score (nSPS) is 10.7. The summed E-state index contributed by atoms with van der Waals surface area (Å²) >= 11 is 0. The molecule has 0 heterocycles. The highest BCUT2D eigenvalue weighted by atomic mass is 16.6. The van der Waals surface area contributed by atoms with Gasteiger partial charge in [-0.15, -0.1) is 0 Å². The second kappa shape index (κ2) is 9.21. The molecule has 0 unspecified atom stereocenters. The van der Waals surface area contributed by atoms with Crippen LogP contribution >= 0.6 is 0 Å². The first-order chi connectivity index (χ1) is 10.1. The van der Waals surface area contributed by atoms with E-state index in [1.165, 1.54) is 38.2 Å². The summed E-state index contributed by atoms with van der Waals surface area (Å²) < 4.78 is 0. The van der Waals surface area contributed by atoms with Crippen LogP contribution in [-0.4, -0.2) is 15.1 Å². The summed E-state index contributed by atoms with van der Waals surface area (Å²) in [4.78, 5) is 10.4. The molecular weight excluding hydrogens is 270 g/mol. The quantitative estimate of drug-likeness (QED) is 0.284. The van der Waals surface area contributed by atoms with Crippen LogP contribution in [0.2, 0.25) is 0 Å². The molecule has 2 N–H and O–H groups in total. The summed E-state index contributed by atoms with van der Waals surface area (Å²) in [6.07, 6.45) is 9.52. The number of hydrogen-bond acceptors (Lipinski definition) is 4. The van der Waals surface area contributed by atoms with Gasteiger partial charge in [0.1, 0.15) is 0 Å². The van der Waals surface area contributed by atoms with E-state index in [1.54, 1.807) is 0 Å². The molecule has 118 valence electrons. The molecule has 0 aliphatic rings. The highest BCUT2D eigenvalue weighted by Crippen LogP contribution is 2.36. The van der Waals surface area contributed by atoms with Crippen LogP contribution in [-0.2, 0) is 6.42 Å². The van der Waals surface area contributed by atoms with E-state index in [1.807, 2.05) is 0 Å². The summed E-state index contributed by atoms with van der Waals surface area (Å²) in [7, 11) is 0. The van der Waals surface area contributed by atoms with Crippen molar-refractivity contribution in [3.63, 3.8) is 0 Å². The SMILES string of the molecule is CCCCCCCCCCc1c([N+](=O)[O-])ccc(O)c1O. The number of nitro benzene ring substituents is 1. The van der Waals surface area contributed by atoms with Crippen molar-refractivity contribution in [3.05, 3.63) is 27.8 Å². The van der Waals surface area contributed by atoms with Crippen molar-refractivity contribution in [1.82, 2.24) is 0 Å². The molecule has 0 spiro atoms. The molecular formula is C16H25NO4. The van der Waals surface area contributed by atoms with Crippen molar-refractivity contribution in [2.24, 2.45) is 0 Å². The molecule has 1 rings (SSSR count). The summed E-state index contributed by atoms with van der Waals surface area (Å²) in [6.45, 7) is 2.19. The molecule has 0 aliphatic carbocycles. The average molecular weight is 295 g/mol. The van der Waals surface area contributed by atoms with E-state index < -0.39 is 4.92 Å². The number of benzene rings is 1. The van der Waals surface area contributed by atoms with E-state index in [4.69, 9.17) is 0 Å². The van der Waals surface area contributed by atoms with Gasteiger partial charge >= 0.3 is 0 Å². The van der Waals surface area contributed by atoms with Gasteiger partial charge in [-0.2, -0.15) is 0 Å². The van der Waals surface area contributed by atoms with Crippen LogP contribution in [0.1, 0.15) is 63.9 Å². The van der Waals surface area contributed by atoms with Gasteiger partial charge in [0, 0.05) is 6.07 Å². The van der Waals surface area contributed by atoms with Gasteiger partial charge in [0.05, 0.1) is 10.5 Å². The van der Waals surface area contributed by atoms with E-state index >= 15 is 0 Å². The lowest BCUT2D eigenvalue weighted by Gasteiger charge is -2.07. The fourth-order valence-corrected chi connectivity index (χ4v) is 2.47. The number of hydrogen-bond donors (Lipinski definition) is 2. The smallest absolute Gasteiger partial charge is 0.276 e. The lowest BCUT2D eigenvalue weighted by molar-refractivity contribution is -0.385. The van der Waals surface area contributed by atoms with E-state index in [9.17, 15) is 20.3 Å². The molecule has 0 aromatic heterocycles. The van der Waals surface area contributed by atoms with Gasteiger partial charge in [0.15, 0.2) is 11.5 Å². The number of phenols is 2. The zero-order valence-electron chi connectivity index (χ0n) is 12.7. The Morgan fingerprint density at radius 3 is 2.14 bits per heavy atom. The van der Waals surface area contributed by atoms with Gasteiger partial charge in [0.25, 0.3) is 5.69 Å². The average Bonchev–Trinajstić information content (AvgIpc) is 2.45. The van der Waals surface area contributed by atoms with Gasteiger partial charge in [-0.05, 0) is 18.9 Å². The third kappa shape index (κ3) is 5.61. The van der Waals surface area contributed by atoms with Gasteiger partial charge in [-0.3, -0.25) is 10.1 Å². The van der Waals surface area contributed by atoms with E-state index in [0.717, 1.165) is 25.3 Å². The Bertz CT molecular complexity index is 460. The summed E-state index contributed by atoms with van der Waals surface area (Å²) in [5, 5.41) is 30.2. The maximum absolute atomic E-state index is 10.9. The molecule has 1 aromatic carbocycles. The van der Waals surface area contributed by atoms with Crippen LogP contribution in [0.3, 0.4) is 0 Å². The zero-order chi connectivity index (χ0) is 15.7. The fourth-order valence-electron chi connectivity index (χ4n) is 2.47. The molecule has 0 amide bonds. The summed E-state index contributed by atoms with van der Waals surface area (Å²) in [5.41, 5.74) is 0.124. The largest absolute Gasteiger partial charge is 0.504 e. The predicted molar refractivity (Wildman–Crippen MR) is 82.7 cm³/mol. The van der Waals surface area contributed by atoms with Crippen LogP contribution in [0.5, 0.6) is 11.5 Å². The van der Waals surface area contributed by atoms with E-state index in [0.29, 0.717) is 6.42 Å². The number of phenolic OH excluding ortho intramolecular Hbond substituents is 2. The van der Waals surface area contributed by atoms with Crippen molar-refractivity contribution < 1.29 is 15.1 Å². The van der Waals surface area contributed by atoms with E-state index in [2.05, 4.69) is 6.92 Å². The number of aromatic hydroxyl groups is 2. The molecule has 21 heavy (non-hydrogen) atoms. The molecule has 0 fully saturated rings. The molecule has 0 atom stereocenters. The number of nitro groups is 1. The Labute approximate surface area is 125 Å². The van der Waals surface area contributed by atoms with Crippen molar-refractivity contribution in [1.29, 1.82) is 0 Å². The topological polar surface area (TPSA) is 83.6 Å². The van der Waals surface area contributed by atoms with Crippen molar-refractivity contribution in [2.75, 3.05) is 0 Å². The van der Waals surface area contributed by atoms with Gasteiger partial charge < -0.3 is 10.2 Å². The molecule has 0 saturated carbocycles. The van der Waals surface area contributed by atoms with Crippen LogP contribution < -0.4 is 0 Å².